The van der Waals surface area contributed by atoms with E-state index in [2.05, 4.69) is 6.92 Å². The average Bonchev–Trinajstić information content (AvgIpc) is 2.43. The lowest BCUT2D eigenvalue weighted by atomic mass is 9.97. The predicted octanol–water partition coefficient (Wildman–Crippen LogP) is 3.74. The van der Waals surface area contributed by atoms with Gasteiger partial charge in [0.25, 0.3) is 0 Å². The summed E-state index contributed by atoms with van der Waals surface area (Å²) in [6.45, 7) is 5.19. The molecule has 2 aromatic rings. The van der Waals surface area contributed by atoms with Crippen molar-refractivity contribution in [1.82, 2.24) is 0 Å². The third-order valence-electron chi connectivity index (χ3n) is 3.75. The molecule has 0 atom stereocenters. The van der Waals surface area contributed by atoms with Crippen LogP contribution in [-0.2, 0) is 6.42 Å². The highest BCUT2D eigenvalue weighted by Crippen LogP contribution is 2.32. The van der Waals surface area contributed by atoms with Gasteiger partial charge in [-0.3, -0.25) is 4.79 Å². The van der Waals surface area contributed by atoms with Gasteiger partial charge in [0.05, 0.1) is 5.56 Å². The fraction of sp³-hybridized carbons (Fsp3) is 0.412. The van der Waals surface area contributed by atoms with Crippen LogP contribution < -0.4 is 5.63 Å². The molecule has 0 fully saturated rings. The van der Waals surface area contributed by atoms with Gasteiger partial charge in [-0.1, -0.05) is 19.8 Å². The Morgan fingerprint density at radius 1 is 1.29 bits per heavy atom. The molecule has 0 aliphatic rings. The Morgan fingerprint density at radius 3 is 2.62 bits per heavy atom. The summed E-state index contributed by atoms with van der Waals surface area (Å²) in [5.41, 5.74) is 1.53. The maximum absolute atomic E-state index is 11.7. The topological polar surface area (TPSA) is 67.5 Å². The summed E-state index contributed by atoms with van der Waals surface area (Å²) >= 11 is 0. The molecular formula is C17H20O4. The maximum atomic E-state index is 11.7. The van der Waals surface area contributed by atoms with Crippen molar-refractivity contribution in [3.63, 3.8) is 0 Å². The molecule has 0 spiro atoms. The normalized spacial score (nSPS) is 11.0. The molecule has 21 heavy (non-hydrogen) atoms. The molecule has 0 saturated carbocycles. The lowest BCUT2D eigenvalue weighted by Gasteiger charge is -2.11. The lowest BCUT2D eigenvalue weighted by molar-refractivity contribution is 0.101. The summed E-state index contributed by atoms with van der Waals surface area (Å²) in [5, 5.41) is 10.8. The molecule has 4 heteroatoms. The van der Waals surface area contributed by atoms with Crippen molar-refractivity contribution >= 4 is 16.8 Å². The predicted molar refractivity (Wildman–Crippen MR) is 82.1 cm³/mol. The monoisotopic (exact) mass is 288 g/mol. The van der Waals surface area contributed by atoms with Gasteiger partial charge in [-0.25, -0.2) is 4.79 Å². The zero-order valence-electron chi connectivity index (χ0n) is 12.7. The van der Waals surface area contributed by atoms with E-state index in [9.17, 15) is 14.7 Å². The van der Waals surface area contributed by atoms with Gasteiger partial charge >= 0.3 is 5.63 Å². The van der Waals surface area contributed by atoms with Gasteiger partial charge in [-0.2, -0.15) is 0 Å². The van der Waals surface area contributed by atoms with Crippen LogP contribution in [0.5, 0.6) is 5.75 Å². The first-order valence-corrected chi connectivity index (χ1v) is 7.26. The number of phenolic OH excluding ortho intramolecular Hbond substituents is 1. The van der Waals surface area contributed by atoms with Crippen LogP contribution in [0.4, 0.5) is 0 Å². The van der Waals surface area contributed by atoms with Crippen molar-refractivity contribution in [3.05, 3.63) is 39.2 Å². The molecule has 0 aliphatic heterocycles. The molecule has 1 N–H and O–H groups in total. The molecule has 2 rings (SSSR count). The molecule has 0 amide bonds. The number of hydrogen-bond donors (Lipinski definition) is 1. The molecule has 0 aliphatic carbocycles. The van der Waals surface area contributed by atoms with Crippen molar-refractivity contribution in [3.8, 4) is 5.75 Å². The number of ketones is 1. The zero-order chi connectivity index (χ0) is 15.6. The number of aryl methyl sites for hydroxylation is 2. The smallest absolute Gasteiger partial charge is 0.336 e. The van der Waals surface area contributed by atoms with Crippen LogP contribution in [0.1, 0.15) is 54.6 Å². The molecular weight excluding hydrogens is 268 g/mol. The minimum absolute atomic E-state index is 0.108. The van der Waals surface area contributed by atoms with E-state index in [1.807, 2.05) is 0 Å². The molecule has 0 bridgehead atoms. The minimum atomic E-state index is -0.424. The number of unbranched alkanes of at least 4 members (excludes halogenated alkanes) is 2. The van der Waals surface area contributed by atoms with Gasteiger partial charge in [0.1, 0.15) is 11.3 Å². The molecule has 4 nitrogen and oxygen atoms in total. The molecule has 0 unspecified atom stereocenters. The maximum Gasteiger partial charge on any atom is 0.336 e. The summed E-state index contributed by atoms with van der Waals surface area (Å²) in [4.78, 5) is 23.4. The highest BCUT2D eigenvalue weighted by atomic mass is 16.4. The number of rotatable bonds is 5. The summed E-state index contributed by atoms with van der Waals surface area (Å²) in [6, 6.07) is 3.11. The quantitative estimate of drug-likeness (QED) is 0.517. The first-order valence-electron chi connectivity index (χ1n) is 7.26. The van der Waals surface area contributed by atoms with Crippen LogP contribution in [0.15, 0.2) is 21.3 Å². The molecule has 1 aromatic carbocycles. The van der Waals surface area contributed by atoms with E-state index in [4.69, 9.17) is 4.42 Å². The third-order valence-corrected chi connectivity index (χ3v) is 3.75. The number of phenols is 1. The Hall–Kier alpha value is -2.10. The summed E-state index contributed by atoms with van der Waals surface area (Å²) < 4.78 is 5.23. The fourth-order valence-electron chi connectivity index (χ4n) is 2.55. The van der Waals surface area contributed by atoms with E-state index in [0.717, 1.165) is 36.6 Å². The van der Waals surface area contributed by atoms with Gasteiger partial charge in [-0.15, -0.1) is 0 Å². The van der Waals surface area contributed by atoms with Crippen LogP contribution in [0.25, 0.3) is 11.0 Å². The SMILES string of the molecule is CCCCCc1cc(=O)oc2c(C)c(O)c(C(C)=O)cc12. The largest absolute Gasteiger partial charge is 0.507 e. The standard InChI is InChI=1S/C17H20O4/c1-4-5-6-7-12-8-15(19)21-17-10(2)16(20)13(11(3)18)9-14(12)17/h8-9,20H,4-7H2,1-3H3. The molecule has 1 heterocycles. The third kappa shape index (κ3) is 2.99. The Morgan fingerprint density at radius 2 is 2.00 bits per heavy atom. The molecule has 0 radical (unpaired) electrons. The first kappa shape index (κ1) is 15.3. The molecule has 112 valence electrons. The van der Waals surface area contributed by atoms with E-state index >= 15 is 0 Å². The lowest BCUT2D eigenvalue weighted by Crippen LogP contribution is -2.04. The van der Waals surface area contributed by atoms with Crippen LogP contribution in [0, 0.1) is 6.92 Å². The minimum Gasteiger partial charge on any atom is -0.507 e. The van der Waals surface area contributed by atoms with E-state index in [1.165, 1.54) is 13.0 Å². The van der Waals surface area contributed by atoms with Crippen molar-refractivity contribution in [2.45, 2.75) is 46.5 Å². The first-order chi connectivity index (χ1) is 9.95. The van der Waals surface area contributed by atoms with Crippen molar-refractivity contribution < 1.29 is 14.3 Å². The second-order valence-electron chi connectivity index (χ2n) is 5.38. The highest BCUT2D eigenvalue weighted by Gasteiger charge is 2.17. The number of aromatic hydroxyl groups is 1. The molecule has 0 saturated heterocycles. The zero-order valence-corrected chi connectivity index (χ0v) is 12.7. The number of Topliss-reactive ketones (excluding diaryl/α,β-unsaturated/α-hetero) is 1. The Balaban J connectivity index is 2.68. The van der Waals surface area contributed by atoms with E-state index in [1.54, 1.807) is 13.0 Å². The highest BCUT2D eigenvalue weighted by molar-refractivity contribution is 6.02. The van der Waals surface area contributed by atoms with Crippen molar-refractivity contribution in [2.75, 3.05) is 0 Å². The Bertz CT molecular complexity index is 741. The van der Waals surface area contributed by atoms with Gasteiger partial charge in [0, 0.05) is 17.0 Å². The van der Waals surface area contributed by atoms with Gasteiger partial charge in [0.15, 0.2) is 5.78 Å². The van der Waals surface area contributed by atoms with Crippen LogP contribution >= 0.6 is 0 Å². The van der Waals surface area contributed by atoms with Gasteiger partial charge in [0.2, 0.25) is 0 Å². The summed E-state index contributed by atoms with van der Waals surface area (Å²) in [5.74, 6) is -0.313. The second kappa shape index (κ2) is 6.12. The van der Waals surface area contributed by atoms with E-state index in [-0.39, 0.29) is 17.1 Å². The average molecular weight is 288 g/mol. The van der Waals surface area contributed by atoms with Crippen molar-refractivity contribution in [2.24, 2.45) is 0 Å². The Kier molecular flexibility index (Phi) is 4.46. The number of carbonyl (C=O) groups excluding carboxylic acids is 1. The number of carbonyl (C=O) groups is 1. The van der Waals surface area contributed by atoms with Crippen LogP contribution in [0.2, 0.25) is 0 Å². The summed E-state index contributed by atoms with van der Waals surface area (Å²) in [6.07, 6.45) is 3.91. The van der Waals surface area contributed by atoms with Crippen LogP contribution in [-0.4, -0.2) is 10.9 Å². The summed E-state index contributed by atoms with van der Waals surface area (Å²) in [7, 11) is 0. The van der Waals surface area contributed by atoms with E-state index in [0.29, 0.717) is 11.1 Å². The van der Waals surface area contributed by atoms with Gasteiger partial charge < -0.3 is 9.52 Å². The van der Waals surface area contributed by atoms with E-state index < -0.39 is 5.63 Å². The second-order valence-corrected chi connectivity index (χ2v) is 5.38. The van der Waals surface area contributed by atoms with Gasteiger partial charge in [-0.05, 0) is 38.3 Å². The fourth-order valence-corrected chi connectivity index (χ4v) is 2.55. The number of fused-ring (bicyclic) bond motifs is 1. The Labute approximate surface area is 123 Å². The molecule has 1 aromatic heterocycles. The number of benzene rings is 1. The number of hydrogen-bond acceptors (Lipinski definition) is 4. The van der Waals surface area contributed by atoms with Crippen molar-refractivity contribution in [1.29, 1.82) is 0 Å². The van der Waals surface area contributed by atoms with Crippen LogP contribution in [0.3, 0.4) is 0 Å².